The van der Waals surface area contributed by atoms with Crippen molar-refractivity contribution >= 4 is 11.6 Å². The molecule has 1 aliphatic rings. The number of rotatable bonds is 5. The van der Waals surface area contributed by atoms with Crippen molar-refractivity contribution in [3.63, 3.8) is 0 Å². The third kappa shape index (κ3) is 4.84. The van der Waals surface area contributed by atoms with Crippen LogP contribution in [0.4, 0.5) is 27.6 Å². The molecule has 0 bridgehead atoms. The van der Waals surface area contributed by atoms with Crippen LogP contribution in [-0.2, 0) is 11.0 Å². The molecular formula is C25H21F5N2O. The topological polar surface area (TPSA) is 32.3 Å². The molecule has 3 nitrogen and oxygen atoms in total. The van der Waals surface area contributed by atoms with Crippen molar-refractivity contribution in [1.82, 2.24) is 4.90 Å². The van der Waals surface area contributed by atoms with Crippen LogP contribution in [0.3, 0.4) is 0 Å². The first-order chi connectivity index (χ1) is 15.8. The number of carbonyl (C=O) groups excluding carboxylic acids is 1. The van der Waals surface area contributed by atoms with E-state index in [-0.39, 0.29) is 11.3 Å². The monoisotopic (exact) mass is 460 g/mol. The fraction of sp³-hybridized carbons (Fsp3) is 0.240. The van der Waals surface area contributed by atoms with Crippen LogP contribution < -0.4 is 5.32 Å². The van der Waals surface area contributed by atoms with E-state index in [4.69, 9.17) is 0 Å². The van der Waals surface area contributed by atoms with E-state index in [1.54, 1.807) is 24.3 Å². The van der Waals surface area contributed by atoms with E-state index in [9.17, 15) is 26.7 Å². The molecule has 0 spiro atoms. The molecule has 1 amide bonds. The molecule has 1 saturated heterocycles. The van der Waals surface area contributed by atoms with E-state index in [1.165, 1.54) is 41.3 Å². The number of nitrogens with zero attached hydrogens (tertiary/aromatic N) is 1. The van der Waals surface area contributed by atoms with E-state index < -0.39 is 41.4 Å². The molecule has 1 heterocycles. The van der Waals surface area contributed by atoms with Crippen molar-refractivity contribution in [2.24, 2.45) is 0 Å². The average molecular weight is 460 g/mol. The first kappa shape index (κ1) is 22.8. The fourth-order valence-electron chi connectivity index (χ4n) is 4.15. The second-order valence-corrected chi connectivity index (χ2v) is 7.89. The third-order valence-electron chi connectivity index (χ3n) is 5.79. The molecule has 8 heteroatoms. The Morgan fingerprint density at radius 1 is 0.909 bits per heavy atom. The molecule has 0 aromatic heterocycles. The maximum atomic E-state index is 14.4. The maximum absolute atomic E-state index is 14.4. The summed E-state index contributed by atoms with van der Waals surface area (Å²) in [7, 11) is 0. The number of carbonyl (C=O) groups is 1. The second-order valence-electron chi connectivity index (χ2n) is 7.89. The van der Waals surface area contributed by atoms with Gasteiger partial charge in [0.15, 0.2) is 0 Å². The summed E-state index contributed by atoms with van der Waals surface area (Å²) in [5, 5.41) is 2.84. The van der Waals surface area contributed by atoms with Gasteiger partial charge in [-0.3, -0.25) is 4.79 Å². The molecule has 0 aliphatic carbocycles. The third-order valence-corrected chi connectivity index (χ3v) is 5.79. The summed E-state index contributed by atoms with van der Waals surface area (Å²) in [6.07, 6.45) is -3.34. The Balaban J connectivity index is 1.70. The summed E-state index contributed by atoms with van der Waals surface area (Å²) in [5.74, 6) is -1.51. The van der Waals surface area contributed by atoms with Crippen LogP contribution in [0.2, 0.25) is 0 Å². The number of halogens is 5. The number of nitrogens with one attached hydrogen (secondary N) is 1. The molecule has 4 rings (SSSR count). The molecule has 1 unspecified atom stereocenters. The number of likely N-dealkylation sites (tertiary alicyclic amines) is 1. The highest BCUT2D eigenvalue weighted by Crippen LogP contribution is 2.37. The number of para-hydroxylation sites is 1. The quantitative estimate of drug-likeness (QED) is 0.441. The Labute approximate surface area is 187 Å². The van der Waals surface area contributed by atoms with Gasteiger partial charge < -0.3 is 10.2 Å². The van der Waals surface area contributed by atoms with Crippen LogP contribution in [0.25, 0.3) is 0 Å². The first-order valence-corrected chi connectivity index (χ1v) is 10.5. The van der Waals surface area contributed by atoms with Gasteiger partial charge in [-0.2, -0.15) is 13.2 Å². The number of hydrogen-bond donors (Lipinski definition) is 1. The molecular weight excluding hydrogens is 439 g/mol. The lowest BCUT2D eigenvalue weighted by atomic mass is 10.00. The van der Waals surface area contributed by atoms with E-state index in [1.807, 2.05) is 0 Å². The summed E-state index contributed by atoms with van der Waals surface area (Å²) in [6, 6.07) is 14.4. The minimum absolute atomic E-state index is 0.0392. The van der Waals surface area contributed by atoms with E-state index in [2.05, 4.69) is 5.32 Å². The predicted octanol–water partition coefficient (Wildman–Crippen LogP) is 6.50. The van der Waals surface area contributed by atoms with Crippen molar-refractivity contribution in [3.8, 4) is 0 Å². The Morgan fingerprint density at radius 3 is 2.18 bits per heavy atom. The lowest BCUT2D eigenvalue weighted by Crippen LogP contribution is -2.38. The smallest absolute Gasteiger partial charge is 0.368 e. The van der Waals surface area contributed by atoms with Crippen LogP contribution in [0.5, 0.6) is 0 Å². The van der Waals surface area contributed by atoms with Crippen molar-refractivity contribution in [3.05, 3.63) is 101 Å². The van der Waals surface area contributed by atoms with Gasteiger partial charge in [-0.1, -0.05) is 42.5 Å². The number of benzene rings is 3. The van der Waals surface area contributed by atoms with Gasteiger partial charge in [0.2, 0.25) is 5.91 Å². The zero-order valence-corrected chi connectivity index (χ0v) is 17.4. The normalized spacial score (nSPS) is 17.1. The summed E-state index contributed by atoms with van der Waals surface area (Å²) in [4.78, 5) is 15.1. The summed E-state index contributed by atoms with van der Waals surface area (Å²) in [6.45, 7) is 0.355. The fourth-order valence-corrected chi connectivity index (χ4v) is 4.15. The lowest BCUT2D eigenvalue weighted by Gasteiger charge is -2.30. The second kappa shape index (κ2) is 9.21. The number of anilines is 1. The Kier molecular flexibility index (Phi) is 6.35. The van der Waals surface area contributed by atoms with Gasteiger partial charge >= 0.3 is 6.18 Å². The van der Waals surface area contributed by atoms with Gasteiger partial charge in [0.05, 0.1) is 17.3 Å². The van der Waals surface area contributed by atoms with Crippen LogP contribution in [0.1, 0.15) is 41.6 Å². The van der Waals surface area contributed by atoms with Crippen molar-refractivity contribution in [1.29, 1.82) is 0 Å². The van der Waals surface area contributed by atoms with E-state index >= 15 is 0 Å². The standard InChI is InChI=1S/C25H21F5N2O/c26-19-7-2-1-6-18(19)22-10-5-15-32(22)24(33)23(31-21-9-4-3-8-20(21)27)16-11-13-17(14-12-16)25(28,29)30/h1-4,6-9,11-14,22-23,31H,5,10,15H2/t22-,23?/m0/s1. The van der Waals surface area contributed by atoms with Crippen molar-refractivity contribution in [2.45, 2.75) is 31.1 Å². The average Bonchev–Trinajstić information content (AvgIpc) is 3.28. The lowest BCUT2D eigenvalue weighted by molar-refractivity contribution is -0.137. The molecule has 2 atom stereocenters. The molecule has 0 saturated carbocycles. The highest BCUT2D eigenvalue weighted by molar-refractivity contribution is 5.87. The van der Waals surface area contributed by atoms with Gasteiger partial charge in [0, 0.05) is 12.1 Å². The Morgan fingerprint density at radius 2 is 1.55 bits per heavy atom. The Bertz CT molecular complexity index is 1130. The molecule has 3 aromatic carbocycles. The van der Waals surface area contributed by atoms with E-state index in [0.29, 0.717) is 24.9 Å². The minimum Gasteiger partial charge on any atom is -0.368 e. The summed E-state index contributed by atoms with van der Waals surface area (Å²) >= 11 is 0. The van der Waals surface area contributed by atoms with Crippen LogP contribution in [0, 0.1) is 11.6 Å². The van der Waals surface area contributed by atoms with Crippen LogP contribution >= 0.6 is 0 Å². The highest BCUT2D eigenvalue weighted by atomic mass is 19.4. The predicted molar refractivity (Wildman–Crippen MR) is 114 cm³/mol. The van der Waals surface area contributed by atoms with Gasteiger partial charge in [0.1, 0.15) is 17.7 Å². The summed E-state index contributed by atoms with van der Waals surface area (Å²) < 4.78 is 67.9. The van der Waals surface area contributed by atoms with Crippen molar-refractivity contribution in [2.75, 3.05) is 11.9 Å². The molecule has 1 N–H and O–H groups in total. The zero-order chi connectivity index (χ0) is 23.6. The molecule has 1 fully saturated rings. The molecule has 0 radical (unpaired) electrons. The largest absolute Gasteiger partial charge is 0.416 e. The highest BCUT2D eigenvalue weighted by Gasteiger charge is 2.37. The first-order valence-electron chi connectivity index (χ1n) is 10.5. The van der Waals surface area contributed by atoms with Gasteiger partial charge in [0.25, 0.3) is 0 Å². The number of hydrogen-bond acceptors (Lipinski definition) is 2. The van der Waals surface area contributed by atoms with Crippen LogP contribution in [-0.4, -0.2) is 17.4 Å². The van der Waals surface area contributed by atoms with Crippen molar-refractivity contribution < 1.29 is 26.7 Å². The van der Waals surface area contributed by atoms with Gasteiger partial charge in [-0.25, -0.2) is 8.78 Å². The molecule has 3 aromatic rings. The van der Waals surface area contributed by atoms with Gasteiger partial charge in [-0.15, -0.1) is 0 Å². The number of amides is 1. The molecule has 172 valence electrons. The van der Waals surface area contributed by atoms with E-state index in [0.717, 1.165) is 12.1 Å². The number of alkyl halides is 3. The minimum atomic E-state index is -4.53. The SMILES string of the molecule is O=C(C(Nc1ccccc1F)c1ccc(C(F)(F)F)cc1)N1CCC[C@H]1c1ccccc1F. The van der Waals surface area contributed by atoms with Crippen LogP contribution in [0.15, 0.2) is 72.8 Å². The zero-order valence-electron chi connectivity index (χ0n) is 17.4. The molecule has 33 heavy (non-hydrogen) atoms. The maximum Gasteiger partial charge on any atom is 0.416 e. The Hall–Kier alpha value is -3.42. The summed E-state index contributed by atoms with van der Waals surface area (Å²) in [5.41, 5.74) is -0.193. The molecule has 1 aliphatic heterocycles. The van der Waals surface area contributed by atoms with Gasteiger partial charge in [-0.05, 0) is 48.7 Å².